The molecule has 27 heavy (non-hydrogen) atoms. The van der Waals surface area contributed by atoms with Gasteiger partial charge in [-0.25, -0.2) is 8.42 Å². The van der Waals surface area contributed by atoms with Gasteiger partial charge in [0, 0.05) is 18.8 Å². The third-order valence-electron chi connectivity index (χ3n) is 4.49. The van der Waals surface area contributed by atoms with Crippen molar-refractivity contribution in [2.75, 3.05) is 29.4 Å². The van der Waals surface area contributed by atoms with Crippen LogP contribution in [0.5, 0.6) is 0 Å². The zero-order valence-corrected chi connectivity index (χ0v) is 16.4. The molecule has 1 aliphatic rings. The highest BCUT2D eigenvalue weighted by Gasteiger charge is 2.29. The van der Waals surface area contributed by atoms with Gasteiger partial charge in [-0.05, 0) is 56.5 Å². The fourth-order valence-corrected chi connectivity index (χ4v) is 4.63. The average molecular weight is 388 g/mol. The monoisotopic (exact) mass is 388 g/mol. The van der Waals surface area contributed by atoms with Gasteiger partial charge in [0.05, 0.1) is 10.6 Å². The first-order valence-corrected chi connectivity index (χ1v) is 10.5. The van der Waals surface area contributed by atoms with Gasteiger partial charge < -0.3 is 10.1 Å². The number of benzene rings is 2. The lowest BCUT2D eigenvalue weighted by Gasteiger charge is -2.31. The highest BCUT2D eigenvalue weighted by Crippen LogP contribution is 2.34. The number of carbonyl (C=O) groups excluding carboxylic acids is 1. The SMILES string of the molecule is CCOCC(=O)Nc1ccc2c(c1)N(S(=O)(=O)c1ccc(C)cc1)CCC2. The number of hydrogen-bond donors (Lipinski definition) is 1. The van der Waals surface area contributed by atoms with Gasteiger partial charge in [-0.15, -0.1) is 0 Å². The van der Waals surface area contributed by atoms with Crippen molar-refractivity contribution in [3.8, 4) is 0 Å². The average Bonchev–Trinajstić information content (AvgIpc) is 2.66. The predicted octanol–water partition coefficient (Wildman–Crippen LogP) is 3.11. The maximum atomic E-state index is 13.2. The Morgan fingerprint density at radius 3 is 2.63 bits per heavy atom. The van der Waals surface area contributed by atoms with E-state index >= 15 is 0 Å². The number of nitrogens with one attached hydrogen (secondary N) is 1. The van der Waals surface area contributed by atoms with E-state index < -0.39 is 10.0 Å². The summed E-state index contributed by atoms with van der Waals surface area (Å²) >= 11 is 0. The molecule has 1 aliphatic heterocycles. The molecule has 1 heterocycles. The topological polar surface area (TPSA) is 75.7 Å². The van der Waals surface area contributed by atoms with E-state index in [4.69, 9.17) is 4.74 Å². The largest absolute Gasteiger partial charge is 0.372 e. The Labute approximate surface area is 160 Å². The molecule has 0 aromatic heterocycles. The van der Waals surface area contributed by atoms with Crippen molar-refractivity contribution >= 4 is 27.3 Å². The van der Waals surface area contributed by atoms with Crippen molar-refractivity contribution in [3.05, 3.63) is 53.6 Å². The molecule has 7 heteroatoms. The molecule has 0 fully saturated rings. The summed E-state index contributed by atoms with van der Waals surface area (Å²) in [5, 5.41) is 2.76. The maximum absolute atomic E-state index is 13.2. The van der Waals surface area contributed by atoms with Crippen LogP contribution in [0, 0.1) is 6.92 Å². The summed E-state index contributed by atoms with van der Waals surface area (Å²) < 4.78 is 32.9. The molecule has 2 aromatic rings. The molecule has 1 amide bonds. The van der Waals surface area contributed by atoms with E-state index in [1.54, 1.807) is 36.4 Å². The van der Waals surface area contributed by atoms with Crippen molar-refractivity contribution in [2.45, 2.75) is 31.6 Å². The van der Waals surface area contributed by atoms with E-state index in [-0.39, 0.29) is 17.4 Å². The number of fused-ring (bicyclic) bond motifs is 1. The number of rotatable bonds is 6. The molecule has 0 saturated heterocycles. The van der Waals surface area contributed by atoms with Crippen LogP contribution in [-0.2, 0) is 26.0 Å². The summed E-state index contributed by atoms with van der Waals surface area (Å²) in [6.07, 6.45) is 1.57. The summed E-state index contributed by atoms with van der Waals surface area (Å²) in [6, 6.07) is 12.3. The summed E-state index contributed by atoms with van der Waals surface area (Å²) in [7, 11) is -3.66. The lowest BCUT2D eigenvalue weighted by atomic mass is 10.0. The Kier molecular flexibility index (Phi) is 5.82. The number of carbonyl (C=O) groups is 1. The molecule has 0 bridgehead atoms. The first-order valence-electron chi connectivity index (χ1n) is 9.01. The molecular weight excluding hydrogens is 364 g/mol. The van der Waals surface area contributed by atoms with Gasteiger partial charge in [0.25, 0.3) is 10.0 Å². The second kappa shape index (κ2) is 8.10. The van der Waals surface area contributed by atoms with Gasteiger partial charge in [0.2, 0.25) is 5.91 Å². The molecule has 6 nitrogen and oxygen atoms in total. The maximum Gasteiger partial charge on any atom is 0.264 e. The quantitative estimate of drug-likeness (QED) is 0.825. The molecule has 1 N–H and O–H groups in total. The van der Waals surface area contributed by atoms with Crippen LogP contribution in [0.2, 0.25) is 0 Å². The zero-order valence-electron chi connectivity index (χ0n) is 15.6. The standard InChI is InChI=1S/C20H24N2O4S/c1-3-26-14-20(23)21-17-9-8-16-5-4-12-22(19(16)13-17)27(24,25)18-10-6-15(2)7-11-18/h6-11,13H,3-5,12,14H2,1-2H3,(H,21,23). The number of anilines is 2. The van der Waals surface area contributed by atoms with Crippen LogP contribution in [0.4, 0.5) is 11.4 Å². The Morgan fingerprint density at radius 1 is 1.19 bits per heavy atom. The normalized spacial score (nSPS) is 13.9. The second-order valence-corrected chi connectivity index (χ2v) is 8.38. The summed E-state index contributed by atoms with van der Waals surface area (Å²) in [5.74, 6) is -0.263. The third kappa shape index (κ3) is 4.31. The van der Waals surface area contributed by atoms with Gasteiger partial charge in [0.15, 0.2) is 0 Å². The van der Waals surface area contributed by atoms with Crippen molar-refractivity contribution in [1.29, 1.82) is 0 Å². The van der Waals surface area contributed by atoms with Crippen LogP contribution >= 0.6 is 0 Å². The molecule has 0 spiro atoms. The second-order valence-electron chi connectivity index (χ2n) is 6.52. The number of hydrogen-bond acceptors (Lipinski definition) is 4. The van der Waals surface area contributed by atoms with Gasteiger partial charge in [-0.2, -0.15) is 0 Å². The first-order chi connectivity index (χ1) is 12.9. The van der Waals surface area contributed by atoms with Gasteiger partial charge in [0.1, 0.15) is 6.61 Å². The molecule has 0 radical (unpaired) electrons. The molecule has 0 saturated carbocycles. The fourth-order valence-electron chi connectivity index (χ4n) is 3.10. The Bertz CT molecular complexity index is 923. The van der Waals surface area contributed by atoms with Gasteiger partial charge >= 0.3 is 0 Å². The highest BCUT2D eigenvalue weighted by molar-refractivity contribution is 7.92. The lowest BCUT2D eigenvalue weighted by molar-refractivity contribution is -0.120. The number of aryl methyl sites for hydroxylation is 2. The van der Waals surface area contributed by atoms with E-state index in [0.717, 1.165) is 24.0 Å². The third-order valence-corrected chi connectivity index (χ3v) is 6.32. The predicted molar refractivity (Wildman–Crippen MR) is 106 cm³/mol. The van der Waals surface area contributed by atoms with E-state index in [1.807, 2.05) is 19.9 Å². The van der Waals surface area contributed by atoms with Gasteiger partial charge in [-0.3, -0.25) is 9.10 Å². The summed E-state index contributed by atoms with van der Waals surface area (Å²) in [4.78, 5) is 12.2. The molecule has 2 aromatic carbocycles. The van der Waals surface area contributed by atoms with Crippen molar-refractivity contribution in [1.82, 2.24) is 0 Å². The first kappa shape index (κ1) is 19.4. The van der Waals surface area contributed by atoms with Crippen LogP contribution in [0.1, 0.15) is 24.5 Å². The van der Waals surface area contributed by atoms with Crippen molar-refractivity contribution < 1.29 is 17.9 Å². The van der Waals surface area contributed by atoms with Crippen molar-refractivity contribution in [2.24, 2.45) is 0 Å². The number of amides is 1. The van der Waals surface area contributed by atoms with E-state index in [9.17, 15) is 13.2 Å². The highest BCUT2D eigenvalue weighted by atomic mass is 32.2. The minimum Gasteiger partial charge on any atom is -0.372 e. The van der Waals surface area contributed by atoms with E-state index in [2.05, 4.69) is 5.32 Å². The van der Waals surface area contributed by atoms with Crippen LogP contribution in [0.3, 0.4) is 0 Å². The van der Waals surface area contributed by atoms with Crippen molar-refractivity contribution in [3.63, 3.8) is 0 Å². The number of nitrogens with zero attached hydrogens (tertiary/aromatic N) is 1. The van der Waals surface area contributed by atoms with Gasteiger partial charge in [-0.1, -0.05) is 23.8 Å². The lowest BCUT2D eigenvalue weighted by Crippen LogP contribution is -2.35. The number of ether oxygens (including phenoxy) is 1. The minimum absolute atomic E-state index is 0.0288. The molecule has 0 atom stereocenters. The van der Waals surface area contributed by atoms with E-state index in [1.165, 1.54) is 4.31 Å². The fraction of sp³-hybridized carbons (Fsp3) is 0.350. The Hall–Kier alpha value is -2.38. The minimum atomic E-state index is -3.66. The zero-order chi connectivity index (χ0) is 19.4. The number of sulfonamides is 1. The Morgan fingerprint density at radius 2 is 1.93 bits per heavy atom. The van der Waals surface area contributed by atoms with Crippen LogP contribution < -0.4 is 9.62 Å². The molecule has 0 aliphatic carbocycles. The molecule has 144 valence electrons. The summed E-state index contributed by atoms with van der Waals surface area (Å²) in [6.45, 7) is 4.59. The smallest absolute Gasteiger partial charge is 0.264 e. The summed E-state index contributed by atoms with van der Waals surface area (Å²) in [5.41, 5.74) is 3.15. The van der Waals surface area contributed by atoms with E-state index in [0.29, 0.717) is 24.5 Å². The van der Waals surface area contributed by atoms with Crippen LogP contribution in [0.15, 0.2) is 47.4 Å². The molecule has 0 unspecified atom stereocenters. The molecule has 3 rings (SSSR count). The Balaban J connectivity index is 1.91. The van der Waals surface area contributed by atoms with Crippen LogP contribution in [0.25, 0.3) is 0 Å². The molecular formula is C20H24N2O4S. The van der Waals surface area contributed by atoms with Crippen LogP contribution in [-0.4, -0.2) is 34.1 Å².